The Labute approximate surface area is 134 Å². The van der Waals surface area contributed by atoms with Crippen molar-refractivity contribution >= 4 is 29.1 Å². The maximum absolute atomic E-state index is 12.5. The topological polar surface area (TPSA) is 64.1 Å². The fourth-order valence-corrected chi connectivity index (χ4v) is 4.40. The first kappa shape index (κ1) is 16.7. The summed E-state index contributed by atoms with van der Waals surface area (Å²) in [5.41, 5.74) is -0.573. The molecule has 1 aromatic rings. The SMILES string of the molecule is CCCNC(CSc1nnc(C)s1)(C(=O)OCC)C1CC1. The van der Waals surface area contributed by atoms with E-state index in [0.717, 1.165) is 35.2 Å². The van der Waals surface area contributed by atoms with Crippen molar-refractivity contribution in [3.63, 3.8) is 0 Å². The van der Waals surface area contributed by atoms with E-state index >= 15 is 0 Å². The second-order valence-electron chi connectivity index (χ2n) is 5.27. The van der Waals surface area contributed by atoms with Gasteiger partial charge in [0, 0.05) is 5.75 Å². The largest absolute Gasteiger partial charge is 0.465 e. The summed E-state index contributed by atoms with van der Waals surface area (Å²) >= 11 is 3.17. The Bertz CT molecular complexity index is 477. The summed E-state index contributed by atoms with van der Waals surface area (Å²) in [4.78, 5) is 12.5. The molecule has 1 atom stereocenters. The number of hydrogen-bond donors (Lipinski definition) is 1. The fraction of sp³-hybridized carbons (Fsp3) is 0.786. The van der Waals surface area contributed by atoms with E-state index in [-0.39, 0.29) is 5.97 Å². The molecule has 0 aromatic carbocycles. The second-order valence-corrected chi connectivity index (χ2v) is 7.67. The zero-order valence-corrected chi connectivity index (χ0v) is 14.5. The molecular weight excluding hydrogens is 306 g/mol. The van der Waals surface area contributed by atoms with E-state index in [1.54, 1.807) is 23.1 Å². The van der Waals surface area contributed by atoms with Crippen LogP contribution in [0.3, 0.4) is 0 Å². The van der Waals surface area contributed by atoms with Gasteiger partial charge in [0.1, 0.15) is 10.5 Å². The monoisotopic (exact) mass is 329 g/mol. The van der Waals surface area contributed by atoms with Gasteiger partial charge in [-0.15, -0.1) is 10.2 Å². The average molecular weight is 329 g/mol. The van der Waals surface area contributed by atoms with Gasteiger partial charge in [-0.1, -0.05) is 30.0 Å². The van der Waals surface area contributed by atoms with Crippen LogP contribution < -0.4 is 5.32 Å². The number of carbonyl (C=O) groups excluding carboxylic acids is 1. The zero-order chi connectivity index (χ0) is 15.3. The van der Waals surface area contributed by atoms with Gasteiger partial charge in [0.2, 0.25) is 0 Å². The first-order valence-corrected chi connectivity index (χ1v) is 9.27. The third-order valence-electron chi connectivity index (χ3n) is 3.54. The molecule has 0 amide bonds. The zero-order valence-electron chi connectivity index (χ0n) is 12.8. The molecule has 0 spiro atoms. The molecule has 5 nitrogen and oxygen atoms in total. The van der Waals surface area contributed by atoms with Gasteiger partial charge >= 0.3 is 5.97 Å². The molecule has 1 aliphatic carbocycles. The Kier molecular flexibility index (Phi) is 6.01. The van der Waals surface area contributed by atoms with Crippen molar-refractivity contribution in [1.29, 1.82) is 0 Å². The van der Waals surface area contributed by atoms with Crippen LogP contribution in [0.25, 0.3) is 0 Å². The maximum Gasteiger partial charge on any atom is 0.327 e. The molecule has 1 unspecified atom stereocenters. The van der Waals surface area contributed by atoms with E-state index in [0.29, 0.717) is 18.3 Å². The summed E-state index contributed by atoms with van der Waals surface area (Å²) in [7, 11) is 0. The number of ether oxygens (including phenoxy) is 1. The number of esters is 1. The lowest BCUT2D eigenvalue weighted by Gasteiger charge is -2.32. The molecule has 0 saturated heterocycles. The van der Waals surface area contributed by atoms with Crippen LogP contribution in [-0.4, -0.2) is 40.6 Å². The molecule has 7 heteroatoms. The van der Waals surface area contributed by atoms with E-state index in [2.05, 4.69) is 22.4 Å². The highest BCUT2D eigenvalue weighted by Gasteiger charge is 2.51. The second kappa shape index (κ2) is 7.56. The molecule has 21 heavy (non-hydrogen) atoms. The molecule has 0 aliphatic heterocycles. The van der Waals surface area contributed by atoms with E-state index in [1.807, 2.05) is 13.8 Å². The van der Waals surface area contributed by atoms with Gasteiger partial charge in [0.15, 0.2) is 4.34 Å². The molecule has 1 aromatic heterocycles. The molecule has 118 valence electrons. The predicted molar refractivity (Wildman–Crippen MR) is 85.8 cm³/mol. The Balaban J connectivity index is 2.10. The van der Waals surface area contributed by atoms with Crippen LogP contribution in [0.5, 0.6) is 0 Å². The van der Waals surface area contributed by atoms with Crippen molar-refractivity contribution < 1.29 is 9.53 Å². The molecule has 2 rings (SSSR count). The van der Waals surface area contributed by atoms with Gasteiger partial charge < -0.3 is 10.1 Å². The van der Waals surface area contributed by atoms with Gasteiger partial charge in [-0.05, 0) is 45.6 Å². The lowest BCUT2D eigenvalue weighted by Crippen LogP contribution is -2.57. The maximum atomic E-state index is 12.5. The average Bonchev–Trinajstić information content (AvgIpc) is 3.23. The number of hydrogen-bond acceptors (Lipinski definition) is 7. The first-order chi connectivity index (χ1) is 10.1. The van der Waals surface area contributed by atoms with Crippen molar-refractivity contribution in [3.8, 4) is 0 Å². The number of aromatic nitrogens is 2. The number of thioether (sulfide) groups is 1. The van der Waals surface area contributed by atoms with Crippen molar-refractivity contribution in [2.45, 2.75) is 49.9 Å². The van der Waals surface area contributed by atoms with Gasteiger partial charge in [0.25, 0.3) is 0 Å². The van der Waals surface area contributed by atoms with Crippen LogP contribution in [0.1, 0.15) is 38.1 Å². The Hall–Kier alpha value is -0.660. The predicted octanol–water partition coefficient (Wildman–Crippen LogP) is 2.65. The third-order valence-corrected chi connectivity index (χ3v) is 5.70. The standard InChI is InChI=1S/C14H23N3O2S2/c1-4-8-15-14(11-6-7-11,12(18)19-5-2)9-20-13-17-16-10(3)21-13/h11,15H,4-9H2,1-3H3. The number of nitrogens with zero attached hydrogens (tertiary/aromatic N) is 2. The Morgan fingerprint density at radius 2 is 2.24 bits per heavy atom. The molecule has 1 N–H and O–H groups in total. The summed E-state index contributed by atoms with van der Waals surface area (Å²) in [6, 6.07) is 0. The summed E-state index contributed by atoms with van der Waals surface area (Å²) in [5.74, 6) is 0.921. The quantitative estimate of drug-likeness (QED) is 0.555. The number of carbonyl (C=O) groups is 1. The molecule has 0 radical (unpaired) electrons. The van der Waals surface area contributed by atoms with Gasteiger partial charge in [-0.25, -0.2) is 0 Å². The minimum absolute atomic E-state index is 0.116. The van der Waals surface area contributed by atoms with Crippen LogP contribution in [0.15, 0.2) is 4.34 Å². The fourth-order valence-electron chi connectivity index (χ4n) is 2.31. The Morgan fingerprint density at radius 3 is 2.76 bits per heavy atom. The van der Waals surface area contributed by atoms with Crippen LogP contribution in [0.2, 0.25) is 0 Å². The first-order valence-electron chi connectivity index (χ1n) is 7.47. The normalized spacial score (nSPS) is 17.5. The van der Waals surface area contributed by atoms with Gasteiger partial charge in [0.05, 0.1) is 6.61 Å². The smallest absolute Gasteiger partial charge is 0.327 e. The summed E-state index contributed by atoms with van der Waals surface area (Å²) in [6.45, 7) is 7.15. The molecule has 1 heterocycles. The van der Waals surface area contributed by atoms with Gasteiger partial charge in [-0.3, -0.25) is 4.79 Å². The Morgan fingerprint density at radius 1 is 1.48 bits per heavy atom. The number of rotatable bonds is 9. The lowest BCUT2D eigenvalue weighted by molar-refractivity contribution is -0.151. The highest BCUT2D eigenvalue weighted by Crippen LogP contribution is 2.43. The van der Waals surface area contributed by atoms with Gasteiger partial charge in [-0.2, -0.15) is 0 Å². The summed E-state index contributed by atoms with van der Waals surface area (Å²) in [6.07, 6.45) is 3.17. The highest BCUT2D eigenvalue weighted by molar-refractivity contribution is 8.01. The van der Waals surface area contributed by atoms with Crippen LogP contribution >= 0.6 is 23.1 Å². The molecule has 0 bridgehead atoms. The van der Waals surface area contributed by atoms with E-state index in [4.69, 9.17) is 4.74 Å². The lowest BCUT2D eigenvalue weighted by atomic mass is 9.95. The van der Waals surface area contributed by atoms with E-state index in [9.17, 15) is 4.79 Å². The van der Waals surface area contributed by atoms with Crippen molar-refractivity contribution in [2.24, 2.45) is 5.92 Å². The number of aryl methyl sites for hydroxylation is 1. The number of nitrogens with one attached hydrogen (secondary N) is 1. The summed E-state index contributed by atoms with van der Waals surface area (Å²) < 4.78 is 6.27. The minimum atomic E-state index is -0.573. The highest BCUT2D eigenvalue weighted by atomic mass is 32.2. The summed E-state index contributed by atoms with van der Waals surface area (Å²) in [5, 5.41) is 12.6. The minimum Gasteiger partial charge on any atom is -0.465 e. The van der Waals surface area contributed by atoms with E-state index < -0.39 is 5.54 Å². The molecule has 1 saturated carbocycles. The van der Waals surface area contributed by atoms with Crippen molar-refractivity contribution in [1.82, 2.24) is 15.5 Å². The molecule has 1 aliphatic rings. The van der Waals surface area contributed by atoms with Crippen LogP contribution in [0, 0.1) is 12.8 Å². The van der Waals surface area contributed by atoms with Crippen molar-refractivity contribution in [3.05, 3.63) is 5.01 Å². The van der Waals surface area contributed by atoms with Crippen LogP contribution in [0.4, 0.5) is 0 Å². The molecular formula is C14H23N3O2S2. The van der Waals surface area contributed by atoms with Crippen LogP contribution in [-0.2, 0) is 9.53 Å². The third kappa shape index (κ3) is 4.17. The van der Waals surface area contributed by atoms with E-state index in [1.165, 1.54) is 0 Å². The van der Waals surface area contributed by atoms with Crippen molar-refractivity contribution in [2.75, 3.05) is 18.9 Å². The molecule has 1 fully saturated rings.